The minimum atomic E-state index is -1.20. The summed E-state index contributed by atoms with van der Waals surface area (Å²) >= 11 is 22.7. The van der Waals surface area contributed by atoms with Crippen molar-refractivity contribution in [3.8, 4) is 0 Å². The van der Waals surface area contributed by atoms with Crippen molar-refractivity contribution >= 4 is 46.4 Å². The van der Waals surface area contributed by atoms with Gasteiger partial charge in [-0.15, -0.1) is 11.6 Å². The van der Waals surface area contributed by atoms with E-state index in [1.807, 2.05) is 0 Å². The Hall–Kier alpha value is 1.16. The maximum atomic E-state index is 5.95. The third kappa shape index (κ3) is 9.25. The summed E-state index contributed by atoms with van der Waals surface area (Å²) in [5.74, 6) is 0. The third-order valence-electron chi connectivity index (χ3n) is 1.57. The second-order valence-corrected chi connectivity index (χ2v) is 6.05. The molecule has 12 heavy (non-hydrogen) atoms. The van der Waals surface area contributed by atoms with Gasteiger partial charge in [0.2, 0.25) is 0 Å². The fraction of sp³-hybridized carbons (Fsp3) is 1.00. The molecule has 0 nitrogen and oxygen atoms in total. The molecule has 0 aliphatic carbocycles. The Morgan fingerprint density at radius 2 is 1.75 bits per heavy atom. The smallest absolute Gasteiger partial charge is 0.123 e. The minimum absolute atomic E-state index is 0.0101. The fourth-order valence-electron chi connectivity index (χ4n) is 0.969. The lowest BCUT2D eigenvalue weighted by Gasteiger charge is -2.14. The molecule has 0 spiro atoms. The molecule has 0 rings (SSSR count). The van der Waals surface area contributed by atoms with Crippen LogP contribution in [0.2, 0.25) is 0 Å². The summed E-state index contributed by atoms with van der Waals surface area (Å²) in [6.45, 7) is 2.15. The molecule has 0 unspecified atom stereocenters. The van der Waals surface area contributed by atoms with Crippen LogP contribution in [0.3, 0.4) is 0 Å². The highest BCUT2D eigenvalue weighted by Gasteiger charge is 2.23. The Labute approximate surface area is 94.5 Å². The maximum absolute atomic E-state index is 5.95. The zero-order valence-corrected chi connectivity index (χ0v) is 10.1. The normalized spacial score (nSPS) is 14.8. The number of alkyl halides is 4. The van der Waals surface area contributed by atoms with E-state index in [0.29, 0.717) is 6.42 Å². The number of hydrogen-bond acceptors (Lipinski definition) is 0. The van der Waals surface area contributed by atoms with E-state index in [1.54, 1.807) is 0 Å². The highest BCUT2D eigenvalue weighted by atomic mass is 35.6. The van der Waals surface area contributed by atoms with Crippen molar-refractivity contribution in [1.29, 1.82) is 0 Å². The molecule has 0 N–H and O–H groups in total. The largest absolute Gasteiger partial charge is 0.192 e. The fourth-order valence-corrected chi connectivity index (χ4v) is 2.15. The van der Waals surface area contributed by atoms with Gasteiger partial charge in [-0.1, -0.05) is 61.0 Å². The second-order valence-electron chi connectivity index (χ2n) is 2.91. The Balaban J connectivity index is 3.40. The third-order valence-corrected chi connectivity index (χ3v) is 2.41. The lowest BCUT2D eigenvalue weighted by molar-refractivity contribution is 0.619. The molecule has 0 heterocycles. The lowest BCUT2D eigenvalue weighted by atomic mass is 10.1. The molecule has 0 aromatic heterocycles. The molecule has 4 heteroatoms. The maximum Gasteiger partial charge on any atom is 0.192 e. The summed E-state index contributed by atoms with van der Waals surface area (Å²) in [6.07, 6.45) is 4.87. The molecule has 0 aliphatic rings. The van der Waals surface area contributed by atoms with E-state index in [0.717, 1.165) is 12.8 Å². The van der Waals surface area contributed by atoms with Crippen LogP contribution in [0.1, 0.15) is 39.0 Å². The summed E-state index contributed by atoms with van der Waals surface area (Å²) in [5.41, 5.74) is 0. The van der Waals surface area contributed by atoms with Crippen LogP contribution in [0, 0.1) is 0 Å². The molecule has 1 atom stereocenters. The molecule has 0 bridgehead atoms. The number of unbranched alkanes of at least 4 members (excludes halogenated alkanes) is 2. The highest BCUT2D eigenvalue weighted by molar-refractivity contribution is 6.67. The van der Waals surface area contributed by atoms with Crippen LogP contribution in [0.25, 0.3) is 0 Å². The van der Waals surface area contributed by atoms with E-state index >= 15 is 0 Å². The molecular formula is C8H14Cl4. The molecule has 0 aromatic rings. The SMILES string of the molecule is CCCCC[C@H](Cl)CC(Cl)(Cl)Cl. The molecule has 0 aromatic carbocycles. The summed E-state index contributed by atoms with van der Waals surface area (Å²) in [4.78, 5) is 0. The Morgan fingerprint density at radius 1 is 1.17 bits per heavy atom. The topological polar surface area (TPSA) is 0 Å². The Bertz CT molecular complexity index is 108. The van der Waals surface area contributed by atoms with Crippen molar-refractivity contribution < 1.29 is 0 Å². The van der Waals surface area contributed by atoms with Gasteiger partial charge in [-0.3, -0.25) is 0 Å². The van der Waals surface area contributed by atoms with Crippen LogP contribution in [0.15, 0.2) is 0 Å². The zero-order valence-electron chi connectivity index (χ0n) is 7.12. The van der Waals surface area contributed by atoms with E-state index in [-0.39, 0.29) is 5.38 Å². The average Bonchev–Trinajstić information content (AvgIpc) is 1.84. The van der Waals surface area contributed by atoms with Crippen LogP contribution in [-0.2, 0) is 0 Å². The lowest BCUT2D eigenvalue weighted by Crippen LogP contribution is -2.11. The molecule has 0 saturated heterocycles. The summed E-state index contributed by atoms with van der Waals surface area (Å²) in [5, 5.41) is -0.0101. The first-order valence-electron chi connectivity index (χ1n) is 4.16. The van der Waals surface area contributed by atoms with Gasteiger partial charge in [-0.25, -0.2) is 0 Å². The highest BCUT2D eigenvalue weighted by Crippen LogP contribution is 2.34. The summed E-state index contributed by atoms with van der Waals surface area (Å²) < 4.78 is -1.20. The average molecular weight is 252 g/mol. The van der Waals surface area contributed by atoms with Crippen LogP contribution >= 0.6 is 46.4 Å². The van der Waals surface area contributed by atoms with Gasteiger partial charge in [0, 0.05) is 11.8 Å². The van der Waals surface area contributed by atoms with Crippen LogP contribution in [-0.4, -0.2) is 9.17 Å². The van der Waals surface area contributed by atoms with Crippen molar-refractivity contribution in [2.24, 2.45) is 0 Å². The molecule has 0 aliphatic heterocycles. The van der Waals surface area contributed by atoms with Gasteiger partial charge in [0.1, 0.15) is 0 Å². The van der Waals surface area contributed by atoms with Crippen LogP contribution in [0.4, 0.5) is 0 Å². The van der Waals surface area contributed by atoms with Gasteiger partial charge >= 0.3 is 0 Å². The first-order chi connectivity index (χ1) is 5.45. The van der Waals surface area contributed by atoms with Gasteiger partial charge in [0.25, 0.3) is 0 Å². The molecule has 74 valence electrons. The van der Waals surface area contributed by atoms with Gasteiger partial charge in [0.15, 0.2) is 3.79 Å². The minimum Gasteiger partial charge on any atom is -0.123 e. The molecule has 0 saturated carbocycles. The quantitative estimate of drug-likeness (QED) is 0.480. The first kappa shape index (κ1) is 13.2. The Morgan fingerprint density at radius 3 is 2.17 bits per heavy atom. The zero-order chi connectivity index (χ0) is 9.61. The van der Waals surface area contributed by atoms with Crippen molar-refractivity contribution in [3.63, 3.8) is 0 Å². The van der Waals surface area contributed by atoms with Gasteiger partial charge in [0.05, 0.1) is 0 Å². The summed E-state index contributed by atoms with van der Waals surface area (Å²) in [7, 11) is 0. The van der Waals surface area contributed by atoms with E-state index in [2.05, 4.69) is 6.92 Å². The monoisotopic (exact) mass is 250 g/mol. The summed E-state index contributed by atoms with van der Waals surface area (Å²) in [6, 6.07) is 0. The predicted molar refractivity (Wildman–Crippen MR) is 58.7 cm³/mol. The number of halogens is 4. The number of hydrogen-bond donors (Lipinski definition) is 0. The second kappa shape index (κ2) is 6.59. The van der Waals surface area contributed by atoms with E-state index in [1.165, 1.54) is 12.8 Å². The van der Waals surface area contributed by atoms with E-state index in [4.69, 9.17) is 46.4 Å². The molecule has 0 amide bonds. The van der Waals surface area contributed by atoms with E-state index < -0.39 is 3.79 Å². The molecular weight excluding hydrogens is 238 g/mol. The number of rotatable bonds is 5. The molecule has 0 fully saturated rings. The standard InChI is InChI=1S/C8H14Cl4/c1-2-3-4-5-7(9)6-8(10,11)12/h7H,2-6H2,1H3/t7-/m0/s1. The molecule has 0 radical (unpaired) electrons. The van der Waals surface area contributed by atoms with Crippen molar-refractivity contribution in [1.82, 2.24) is 0 Å². The van der Waals surface area contributed by atoms with Gasteiger partial charge in [-0.05, 0) is 6.42 Å². The van der Waals surface area contributed by atoms with Crippen LogP contribution in [0.5, 0.6) is 0 Å². The van der Waals surface area contributed by atoms with E-state index in [9.17, 15) is 0 Å². The van der Waals surface area contributed by atoms with Gasteiger partial charge in [-0.2, -0.15) is 0 Å². The Kier molecular flexibility index (Phi) is 7.23. The van der Waals surface area contributed by atoms with Gasteiger partial charge < -0.3 is 0 Å². The first-order valence-corrected chi connectivity index (χ1v) is 5.73. The van der Waals surface area contributed by atoms with Crippen molar-refractivity contribution in [2.75, 3.05) is 0 Å². The van der Waals surface area contributed by atoms with Crippen molar-refractivity contribution in [2.45, 2.75) is 48.2 Å². The van der Waals surface area contributed by atoms with Crippen molar-refractivity contribution in [3.05, 3.63) is 0 Å². The van der Waals surface area contributed by atoms with Crippen LogP contribution < -0.4 is 0 Å². The predicted octanol–water partition coefficient (Wildman–Crippen LogP) is 4.93.